The summed E-state index contributed by atoms with van der Waals surface area (Å²) in [6.07, 6.45) is 1.16. The first-order valence-electron chi connectivity index (χ1n) is 13.6. The number of fused-ring (bicyclic) bond motifs is 1. The van der Waals surface area contributed by atoms with E-state index in [0.29, 0.717) is 36.3 Å². The molecule has 1 aliphatic heterocycles. The fraction of sp³-hybridized carbons (Fsp3) is 0.235. The van der Waals surface area contributed by atoms with Gasteiger partial charge in [-0.25, -0.2) is 0 Å². The lowest BCUT2D eigenvalue weighted by molar-refractivity contribution is -0.124. The van der Waals surface area contributed by atoms with E-state index in [-0.39, 0.29) is 18.4 Å². The summed E-state index contributed by atoms with van der Waals surface area (Å²) in [5, 5.41) is 13.8. The lowest BCUT2D eigenvalue weighted by Gasteiger charge is -2.45. The zero-order chi connectivity index (χ0) is 27.9. The van der Waals surface area contributed by atoms with E-state index in [9.17, 15) is 14.7 Å². The third kappa shape index (κ3) is 5.77. The zero-order valence-electron chi connectivity index (χ0n) is 22.6. The van der Waals surface area contributed by atoms with Crippen LogP contribution in [0.1, 0.15) is 44.6 Å². The van der Waals surface area contributed by atoms with Crippen molar-refractivity contribution in [1.29, 1.82) is 0 Å². The number of nitrogens with one attached hydrogen (secondary N) is 1. The van der Waals surface area contributed by atoms with Crippen molar-refractivity contribution in [2.75, 3.05) is 20.3 Å². The summed E-state index contributed by atoms with van der Waals surface area (Å²) < 4.78 is 5.38. The number of amides is 2. The van der Waals surface area contributed by atoms with E-state index in [2.05, 4.69) is 5.32 Å². The van der Waals surface area contributed by atoms with Crippen LogP contribution in [0.4, 0.5) is 0 Å². The highest BCUT2D eigenvalue weighted by molar-refractivity contribution is 6.01. The van der Waals surface area contributed by atoms with Crippen LogP contribution in [-0.2, 0) is 17.6 Å². The molecule has 2 N–H and O–H groups in total. The summed E-state index contributed by atoms with van der Waals surface area (Å²) in [5.74, 6) is -0.328. The fourth-order valence-corrected chi connectivity index (χ4v) is 5.61. The van der Waals surface area contributed by atoms with Crippen LogP contribution in [-0.4, -0.2) is 48.1 Å². The Bertz CT molecular complexity index is 1420. The third-order valence-corrected chi connectivity index (χ3v) is 7.59. The normalized spacial score (nSPS) is 17.1. The van der Waals surface area contributed by atoms with E-state index in [0.717, 1.165) is 16.7 Å². The van der Waals surface area contributed by atoms with Crippen molar-refractivity contribution in [1.82, 2.24) is 10.2 Å². The van der Waals surface area contributed by atoms with Crippen molar-refractivity contribution >= 4 is 11.8 Å². The average Bonchev–Trinajstić information content (AvgIpc) is 3.01. The Hall–Kier alpha value is -4.42. The Morgan fingerprint density at radius 3 is 2.15 bits per heavy atom. The first-order chi connectivity index (χ1) is 19.6. The molecule has 6 nitrogen and oxygen atoms in total. The molecule has 40 heavy (non-hydrogen) atoms. The molecule has 0 radical (unpaired) electrons. The predicted octanol–water partition coefficient (Wildman–Crippen LogP) is 4.94. The second kappa shape index (κ2) is 12.6. The SMILES string of the molecule is COc1ccc([C@@H]2[C@@H](C(=O)NCCc3ccccc3)c3ccccc3C(=O)N2[C@H](CO)Cc2ccccc2)cc1. The van der Waals surface area contributed by atoms with E-state index >= 15 is 0 Å². The van der Waals surface area contributed by atoms with Gasteiger partial charge < -0.3 is 20.1 Å². The van der Waals surface area contributed by atoms with Gasteiger partial charge in [-0.3, -0.25) is 9.59 Å². The van der Waals surface area contributed by atoms with Gasteiger partial charge in [0.25, 0.3) is 5.91 Å². The van der Waals surface area contributed by atoms with Gasteiger partial charge >= 0.3 is 0 Å². The smallest absolute Gasteiger partial charge is 0.255 e. The van der Waals surface area contributed by atoms with E-state index in [1.807, 2.05) is 103 Å². The number of carbonyl (C=O) groups is 2. The predicted molar refractivity (Wildman–Crippen MR) is 155 cm³/mol. The van der Waals surface area contributed by atoms with Gasteiger partial charge in [0.05, 0.1) is 31.7 Å². The molecule has 4 aromatic carbocycles. The van der Waals surface area contributed by atoms with E-state index in [4.69, 9.17) is 4.74 Å². The number of benzene rings is 4. The molecule has 4 aromatic rings. The molecular formula is C34H34N2O4. The van der Waals surface area contributed by atoms with E-state index in [1.165, 1.54) is 0 Å². The second-order valence-electron chi connectivity index (χ2n) is 10.0. The average molecular weight is 535 g/mol. The van der Waals surface area contributed by atoms with Crippen LogP contribution in [0.25, 0.3) is 0 Å². The Morgan fingerprint density at radius 2 is 1.50 bits per heavy atom. The van der Waals surface area contributed by atoms with Gasteiger partial charge in [0.1, 0.15) is 5.75 Å². The Kier molecular flexibility index (Phi) is 8.57. The molecule has 0 bridgehead atoms. The lowest BCUT2D eigenvalue weighted by Crippen LogP contribution is -2.53. The molecule has 5 rings (SSSR count). The van der Waals surface area contributed by atoms with Gasteiger partial charge in [-0.05, 0) is 53.3 Å². The lowest BCUT2D eigenvalue weighted by atomic mass is 9.78. The molecule has 1 heterocycles. The molecule has 3 atom stereocenters. The molecule has 204 valence electrons. The van der Waals surface area contributed by atoms with Crippen LogP contribution in [0, 0.1) is 0 Å². The van der Waals surface area contributed by atoms with Crippen molar-refractivity contribution in [3.8, 4) is 5.75 Å². The fourth-order valence-electron chi connectivity index (χ4n) is 5.61. The van der Waals surface area contributed by atoms with Crippen LogP contribution in [0.5, 0.6) is 5.75 Å². The minimum Gasteiger partial charge on any atom is -0.497 e. The summed E-state index contributed by atoms with van der Waals surface area (Å²) in [5.41, 5.74) is 4.13. The van der Waals surface area contributed by atoms with Gasteiger partial charge in [0.15, 0.2) is 0 Å². The van der Waals surface area contributed by atoms with Crippen LogP contribution in [0.15, 0.2) is 109 Å². The van der Waals surface area contributed by atoms with E-state index < -0.39 is 18.0 Å². The van der Waals surface area contributed by atoms with Crippen molar-refractivity contribution in [2.24, 2.45) is 0 Å². The third-order valence-electron chi connectivity index (χ3n) is 7.59. The Morgan fingerprint density at radius 1 is 0.875 bits per heavy atom. The standard InChI is InChI=1S/C34H34N2O4/c1-40-28-18-16-26(17-19-28)32-31(33(38)35-21-20-24-10-4-2-5-11-24)29-14-8-9-15-30(29)34(39)36(32)27(23-37)22-25-12-6-3-7-13-25/h2-19,27,31-32,37H,20-23H2,1H3,(H,35,38)/t27-,31-,32+/m0/s1. The van der Waals surface area contributed by atoms with Gasteiger partial charge in [0.2, 0.25) is 5.91 Å². The highest BCUT2D eigenvalue weighted by atomic mass is 16.5. The molecule has 2 amide bonds. The summed E-state index contributed by atoms with van der Waals surface area (Å²) in [6.45, 7) is 0.232. The number of aliphatic hydroxyl groups is 1. The Balaban J connectivity index is 1.55. The largest absolute Gasteiger partial charge is 0.497 e. The van der Waals surface area contributed by atoms with Gasteiger partial charge in [-0.2, -0.15) is 0 Å². The molecule has 0 fully saturated rings. The minimum atomic E-state index is -0.664. The maximum atomic E-state index is 14.1. The molecule has 0 saturated heterocycles. The number of nitrogens with zero attached hydrogens (tertiary/aromatic N) is 1. The quantitative estimate of drug-likeness (QED) is 0.302. The molecule has 0 unspecified atom stereocenters. The number of hydrogen-bond donors (Lipinski definition) is 2. The highest BCUT2D eigenvalue weighted by Crippen LogP contribution is 2.44. The van der Waals surface area contributed by atoms with Crippen LogP contribution in [0.2, 0.25) is 0 Å². The van der Waals surface area contributed by atoms with Crippen LogP contribution >= 0.6 is 0 Å². The maximum Gasteiger partial charge on any atom is 0.255 e. The first-order valence-corrected chi connectivity index (χ1v) is 13.6. The molecule has 6 heteroatoms. The summed E-state index contributed by atoms with van der Waals surface area (Å²) in [4.78, 5) is 29.9. The summed E-state index contributed by atoms with van der Waals surface area (Å²) in [7, 11) is 1.60. The van der Waals surface area contributed by atoms with E-state index in [1.54, 1.807) is 18.1 Å². The number of aliphatic hydroxyl groups excluding tert-OH is 1. The Labute approximate surface area is 235 Å². The number of methoxy groups -OCH3 is 1. The molecule has 0 aliphatic carbocycles. The van der Waals surface area contributed by atoms with Gasteiger partial charge in [0, 0.05) is 12.1 Å². The maximum absolute atomic E-state index is 14.1. The topological polar surface area (TPSA) is 78.9 Å². The molecule has 0 aromatic heterocycles. The summed E-state index contributed by atoms with van der Waals surface area (Å²) in [6, 6.07) is 33.5. The number of ether oxygens (including phenoxy) is 1. The highest BCUT2D eigenvalue weighted by Gasteiger charge is 2.46. The molecular weight excluding hydrogens is 500 g/mol. The zero-order valence-corrected chi connectivity index (χ0v) is 22.6. The van der Waals surface area contributed by atoms with Crippen LogP contribution < -0.4 is 10.1 Å². The van der Waals surface area contributed by atoms with Crippen molar-refractivity contribution in [3.63, 3.8) is 0 Å². The first kappa shape index (κ1) is 27.2. The molecule has 1 aliphatic rings. The van der Waals surface area contributed by atoms with Crippen molar-refractivity contribution in [2.45, 2.75) is 30.8 Å². The van der Waals surface area contributed by atoms with Gasteiger partial charge in [-0.1, -0.05) is 91.0 Å². The van der Waals surface area contributed by atoms with Gasteiger partial charge in [-0.15, -0.1) is 0 Å². The number of rotatable bonds is 10. The van der Waals surface area contributed by atoms with Crippen molar-refractivity contribution < 1.29 is 19.4 Å². The number of hydrogen-bond acceptors (Lipinski definition) is 4. The second-order valence-corrected chi connectivity index (χ2v) is 10.0. The monoisotopic (exact) mass is 534 g/mol. The van der Waals surface area contributed by atoms with Crippen LogP contribution in [0.3, 0.4) is 0 Å². The molecule has 0 spiro atoms. The minimum absolute atomic E-state index is 0.155. The number of carbonyl (C=O) groups excluding carboxylic acids is 2. The molecule has 0 saturated carbocycles. The summed E-state index contributed by atoms with van der Waals surface area (Å²) >= 11 is 0. The van der Waals surface area contributed by atoms with Crippen molar-refractivity contribution in [3.05, 3.63) is 137 Å².